The lowest BCUT2D eigenvalue weighted by Crippen LogP contribution is -2.37. The van der Waals surface area contributed by atoms with Crippen molar-refractivity contribution in [2.24, 2.45) is 11.7 Å². The molecule has 22 heavy (non-hydrogen) atoms. The van der Waals surface area contributed by atoms with Gasteiger partial charge in [0, 0.05) is 19.0 Å². The van der Waals surface area contributed by atoms with Gasteiger partial charge in [0.25, 0.3) is 0 Å². The standard InChI is InChI=1S/C18H28N2O2/c1-3-20(18(22)11-15-5-4-6-16(15)19)12-17(21)14-9-7-13(2)8-10-14/h7-10,15-17,21H,3-6,11-12,19H2,1-2H3/t15-,16+,17?/m0/s1. The number of rotatable bonds is 6. The van der Waals surface area contributed by atoms with E-state index in [0.29, 0.717) is 25.4 Å². The van der Waals surface area contributed by atoms with Crippen LogP contribution in [0.5, 0.6) is 0 Å². The highest BCUT2D eigenvalue weighted by Gasteiger charge is 2.28. The summed E-state index contributed by atoms with van der Waals surface area (Å²) in [7, 11) is 0. The molecule has 0 aromatic heterocycles. The third kappa shape index (κ3) is 4.31. The Morgan fingerprint density at radius 3 is 2.59 bits per heavy atom. The molecule has 1 fully saturated rings. The Hall–Kier alpha value is -1.39. The molecular formula is C18H28N2O2. The molecule has 1 aliphatic rings. The SMILES string of the molecule is CCN(CC(O)c1ccc(C)cc1)C(=O)C[C@@H]1CCC[C@H]1N. The van der Waals surface area contributed by atoms with Crippen LogP contribution < -0.4 is 5.73 Å². The van der Waals surface area contributed by atoms with Gasteiger partial charge in [-0.15, -0.1) is 0 Å². The normalized spacial score (nSPS) is 22.5. The van der Waals surface area contributed by atoms with Crippen molar-refractivity contribution in [3.05, 3.63) is 35.4 Å². The third-order valence-corrected chi connectivity index (χ3v) is 4.74. The monoisotopic (exact) mass is 304 g/mol. The summed E-state index contributed by atoms with van der Waals surface area (Å²) >= 11 is 0. The molecule has 3 N–H and O–H groups in total. The number of nitrogens with two attached hydrogens (primary N) is 1. The van der Waals surface area contributed by atoms with Crippen LogP contribution in [0.15, 0.2) is 24.3 Å². The molecule has 1 amide bonds. The number of aryl methyl sites for hydroxylation is 1. The Kier molecular flexibility index (Phi) is 5.98. The second kappa shape index (κ2) is 7.75. The lowest BCUT2D eigenvalue weighted by Gasteiger charge is -2.26. The van der Waals surface area contributed by atoms with Crippen LogP contribution in [0.25, 0.3) is 0 Å². The molecule has 4 heteroatoms. The first-order valence-electron chi connectivity index (χ1n) is 8.29. The van der Waals surface area contributed by atoms with E-state index in [1.54, 1.807) is 4.90 Å². The van der Waals surface area contributed by atoms with Crippen molar-refractivity contribution in [2.75, 3.05) is 13.1 Å². The molecule has 0 aliphatic heterocycles. The molecule has 0 saturated heterocycles. The van der Waals surface area contributed by atoms with E-state index < -0.39 is 6.10 Å². The van der Waals surface area contributed by atoms with Crippen LogP contribution in [-0.4, -0.2) is 35.0 Å². The van der Waals surface area contributed by atoms with Gasteiger partial charge in [-0.3, -0.25) is 4.79 Å². The first-order chi connectivity index (χ1) is 10.5. The molecule has 1 aliphatic carbocycles. The molecule has 1 saturated carbocycles. The van der Waals surface area contributed by atoms with Crippen molar-refractivity contribution < 1.29 is 9.90 Å². The molecule has 2 rings (SSSR count). The van der Waals surface area contributed by atoms with Crippen LogP contribution >= 0.6 is 0 Å². The first-order valence-corrected chi connectivity index (χ1v) is 8.29. The predicted molar refractivity (Wildman–Crippen MR) is 88.3 cm³/mol. The second-order valence-corrected chi connectivity index (χ2v) is 6.42. The molecular weight excluding hydrogens is 276 g/mol. The average molecular weight is 304 g/mol. The van der Waals surface area contributed by atoms with Gasteiger partial charge >= 0.3 is 0 Å². The van der Waals surface area contributed by atoms with E-state index in [0.717, 1.165) is 30.4 Å². The van der Waals surface area contributed by atoms with Crippen molar-refractivity contribution in [1.29, 1.82) is 0 Å². The Bertz CT molecular complexity index is 486. The van der Waals surface area contributed by atoms with Gasteiger partial charge in [-0.2, -0.15) is 0 Å². The zero-order chi connectivity index (χ0) is 16.1. The average Bonchev–Trinajstić information content (AvgIpc) is 2.90. The summed E-state index contributed by atoms with van der Waals surface area (Å²) in [4.78, 5) is 14.2. The van der Waals surface area contributed by atoms with Crippen molar-refractivity contribution >= 4 is 5.91 Å². The van der Waals surface area contributed by atoms with Crippen LogP contribution in [-0.2, 0) is 4.79 Å². The number of carbonyl (C=O) groups excluding carboxylic acids is 1. The summed E-state index contributed by atoms with van der Waals surface area (Å²) in [6.45, 7) is 4.93. The lowest BCUT2D eigenvalue weighted by atomic mass is 9.99. The quantitative estimate of drug-likeness (QED) is 0.848. The van der Waals surface area contributed by atoms with E-state index in [4.69, 9.17) is 5.73 Å². The zero-order valence-corrected chi connectivity index (χ0v) is 13.7. The number of carbonyl (C=O) groups is 1. The second-order valence-electron chi connectivity index (χ2n) is 6.42. The highest BCUT2D eigenvalue weighted by atomic mass is 16.3. The Morgan fingerprint density at radius 1 is 1.36 bits per heavy atom. The maximum Gasteiger partial charge on any atom is 0.222 e. The third-order valence-electron chi connectivity index (χ3n) is 4.74. The van der Waals surface area contributed by atoms with Gasteiger partial charge in [0.15, 0.2) is 0 Å². The summed E-state index contributed by atoms with van der Waals surface area (Å²) in [5.74, 6) is 0.411. The molecule has 0 bridgehead atoms. The minimum atomic E-state index is -0.637. The van der Waals surface area contributed by atoms with Crippen molar-refractivity contribution in [2.45, 2.75) is 51.7 Å². The molecule has 0 spiro atoms. The highest BCUT2D eigenvalue weighted by molar-refractivity contribution is 5.76. The number of hydrogen-bond donors (Lipinski definition) is 2. The summed E-state index contributed by atoms with van der Waals surface area (Å²) in [6.07, 6.45) is 3.07. The Balaban J connectivity index is 1.92. The van der Waals surface area contributed by atoms with Crippen molar-refractivity contribution in [3.63, 3.8) is 0 Å². The topological polar surface area (TPSA) is 66.6 Å². The summed E-state index contributed by atoms with van der Waals surface area (Å²) in [5.41, 5.74) is 8.07. The van der Waals surface area contributed by atoms with Gasteiger partial charge in [-0.1, -0.05) is 36.2 Å². The van der Waals surface area contributed by atoms with Crippen LogP contribution in [0.3, 0.4) is 0 Å². The number of hydrogen-bond acceptors (Lipinski definition) is 3. The first kappa shape index (κ1) is 17.0. The fourth-order valence-electron chi connectivity index (χ4n) is 3.18. The maximum absolute atomic E-state index is 12.5. The van der Waals surface area contributed by atoms with Crippen molar-refractivity contribution in [1.82, 2.24) is 4.90 Å². The van der Waals surface area contributed by atoms with E-state index in [-0.39, 0.29) is 11.9 Å². The fraction of sp³-hybridized carbons (Fsp3) is 0.611. The molecule has 122 valence electrons. The highest BCUT2D eigenvalue weighted by Crippen LogP contribution is 2.27. The molecule has 4 nitrogen and oxygen atoms in total. The number of benzene rings is 1. The molecule has 0 radical (unpaired) electrons. The molecule has 1 aromatic rings. The molecule has 1 unspecified atom stereocenters. The van der Waals surface area contributed by atoms with E-state index >= 15 is 0 Å². The summed E-state index contributed by atoms with van der Waals surface area (Å²) in [6, 6.07) is 7.96. The Morgan fingerprint density at radius 2 is 2.05 bits per heavy atom. The van der Waals surface area contributed by atoms with Crippen LogP contribution in [0.4, 0.5) is 0 Å². The zero-order valence-electron chi connectivity index (χ0n) is 13.7. The predicted octanol–water partition coefficient (Wildman–Crippen LogP) is 2.39. The summed E-state index contributed by atoms with van der Waals surface area (Å²) in [5, 5.41) is 10.4. The molecule has 3 atom stereocenters. The lowest BCUT2D eigenvalue weighted by molar-refractivity contribution is -0.133. The van der Waals surface area contributed by atoms with Gasteiger partial charge in [0.1, 0.15) is 0 Å². The minimum absolute atomic E-state index is 0.107. The van der Waals surface area contributed by atoms with Crippen LogP contribution in [0.1, 0.15) is 49.8 Å². The Labute approximate surface area is 133 Å². The number of amides is 1. The largest absolute Gasteiger partial charge is 0.387 e. The number of aliphatic hydroxyl groups is 1. The van der Waals surface area contributed by atoms with E-state index in [9.17, 15) is 9.90 Å². The van der Waals surface area contributed by atoms with Crippen molar-refractivity contribution in [3.8, 4) is 0 Å². The van der Waals surface area contributed by atoms with E-state index in [1.807, 2.05) is 38.1 Å². The minimum Gasteiger partial charge on any atom is -0.387 e. The van der Waals surface area contributed by atoms with E-state index in [2.05, 4.69) is 0 Å². The number of likely N-dealkylation sites (N-methyl/N-ethyl adjacent to an activating group) is 1. The number of nitrogens with zero attached hydrogens (tertiary/aromatic N) is 1. The van der Waals surface area contributed by atoms with Gasteiger partial charge < -0.3 is 15.7 Å². The van der Waals surface area contributed by atoms with Crippen LogP contribution in [0.2, 0.25) is 0 Å². The maximum atomic E-state index is 12.5. The fourth-order valence-corrected chi connectivity index (χ4v) is 3.18. The van der Waals surface area contributed by atoms with Gasteiger partial charge in [0.2, 0.25) is 5.91 Å². The van der Waals surface area contributed by atoms with E-state index in [1.165, 1.54) is 0 Å². The van der Waals surface area contributed by atoms with Crippen LogP contribution in [0, 0.1) is 12.8 Å². The summed E-state index contributed by atoms with van der Waals surface area (Å²) < 4.78 is 0. The smallest absolute Gasteiger partial charge is 0.222 e. The number of aliphatic hydroxyl groups excluding tert-OH is 1. The van der Waals surface area contributed by atoms with Gasteiger partial charge in [-0.25, -0.2) is 0 Å². The van der Waals surface area contributed by atoms with Gasteiger partial charge in [-0.05, 0) is 38.2 Å². The molecule has 1 aromatic carbocycles. The molecule has 0 heterocycles. The van der Waals surface area contributed by atoms with Gasteiger partial charge in [0.05, 0.1) is 12.6 Å².